The van der Waals surface area contributed by atoms with E-state index in [-0.39, 0.29) is 5.91 Å². The van der Waals surface area contributed by atoms with Gasteiger partial charge in [0.05, 0.1) is 16.8 Å². The molecular formula is C25H23N5O. The van der Waals surface area contributed by atoms with Crippen LogP contribution in [0.2, 0.25) is 0 Å². The van der Waals surface area contributed by atoms with E-state index in [0.717, 1.165) is 46.6 Å². The van der Waals surface area contributed by atoms with Crippen LogP contribution >= 0.6 is 0 Å². The van der Waals surface area contributed by atoms with Crippen molar-refractivity contribution in [3.8, 4) is 11.3 Å². The average molecular weight is 409 g/mol. The number of hydrogen-bond acceptors (Lipinski definition) is 5. The fourth-order valence-corrected chi connectivity index (χ4v) is 4.00. The fraction of sp³-hybridized carbons (Fsp3) is 0.200. The minimum atomic E-state index is -0.117. The lowest BCUT2D eigenvalue weighted by Crippen LogP contribution is -2.24. The summed E-state index contributed by atoms with van der Waals surface area (Å²) in [5.74, 6) is 0.868. The Morgan fingerprint density at radius 2 is 1.77 bits per heavy atom. The Bertz CT molecular complexity index is 1220. The number of nitrogens with zero attached hydrogens (tertiary/aromatic N) is 4. The Hall–Kier alpha value is -3.80. The van der Waals surface area contributed by atoms with Crippen molar-refractivity contribution in [2.75, 3.05) is 18.0 Å². The molecule has 0 spiro atoms. The van der Waals surface area contributed by atoms with Crippen LogP contribution in [-0.4, -0.2) is 33.9 Å². The maximum Gasteiger partial charge on any atom is 0.252 e. The van der Waals surface area contributed by atoms with Crippen LogP contribution < -0.4 is 10.2 Å². The van der Waals surface area contributed by atoms with Gasteiger partial charge in [0.25, 0.3) is 5.91 Å². The van der Waals surface area contributed by atoms with E-state index in [1.165, 1.54) is 12.8 Å². The van der Waals surface area contributed by atoms with Crippen LogP contribution in [0.1, 0.15) is 28.8 Å². The molecule has 31 heavy (non-hydrogen) atoms. The first-order valence-corrected chi connectivity index (χ1v) is 10.6. The van der Waals surface area contributed by atoms with Crippen LogP contribution in [0.4, 0.5) is 5.82 Å². The number of nitrogens with one attached hydrogen (secondary N) is 1. The normalized spacial score (nSPS) is 13.5. The molecule has 1 aliphatic heterocycles. The van der Waals surface area contributed by atoms with Gasteiger partial charge < -0.3 is 10.2 Å². The molecule has 5 rings (SSSR count). The van der Waals surface area contributed by atoms with E-state index in [2.05, 4.69) is 26.3 Å². The largest absolute Gasteiger partial charge is 0.357 e. The van der Waals surface area contributed by atoms with Crippen molar-refractivity contribution in [3.05, 3.63) is 84.3 Å². The predicted molar refractivity (Wildman–Crippen MR) is 122 cm³/mol. The van der Waals surface area contributed by atoms with Gasteiger partial charge in [0, 0.05) is 49.2 Å². The first kappa shape index (κ1) is 19.2. The molecule has 0 bridgehead atoms. The first-order valence-electron chi connectivity index (χ1n) is 10.6. The van der Waals surface area contributed by atoms with Gasteiger partial charge in [0.1, 0.15) is 5.82 Å². The molecule has 1 fully saturated rings. The number of amides is 1. The Morgan fingerprint density at radius 3 is 2.61 bits per heavy atom. The zero-order valence-corrected chi connectivity index (χ0v) is 17.2. The molecule has 0 radical (unpaired) electrons. The minimum Gasteiger partial charge on any atom is -0.357 e. The van der Waals surface area contributed by atoms with Gasteiger partial charge in [0.2, 0.25) is 0 Å². The summed E-state index contributed by atoms with van der Waals surface area (Å²) in [6, 6.07) is 17.4. The average Bonchev–Trinajstić information content (AvgIpc) is 3.38. The molecule has 6 nitrogen and oxygen atoms in total. The van der Waals surface area contributed by atoms with Crippen LogP contribution in [0.5, 0.6) is 0 Å². The quantitative estimate of drug-likeness (QED) is 0.534. The lowest BCUT2D eigenvalue weighted by atomic mass is 10.0. The minimum absolute atomic E-state index is 0.117. The molecule has 0 aliphatic carbocycles. The van der Waals surface area contributed by atoms with Gasteiger partial charge in [-0.3, -0.25) is 9.78 Å². The zero-order valence-electron chi connectivity index (χ0n) is 17.2. The number of benzene rings is 1. The monoisotopic (exact) mass is 409 g/mol. The van der Waals surface area contributed by atoms with E-state index in [1.807, 2.05) is 54.7 Å². The van der Waals surface area contributed by atoms with Crippen molar-refractivity contribution < 1.29 is 4.79 Å². The second kappa shape index (κ2) is 8.52. The van der Waals surface area contributed by atoms with E-state index >= 15 is 0 Å². The lowest BCUT2D eigenvalue weighted by Gasteiger charge is -2.17. The Balaban J connectivity index is 1.41. The maximum atomic E-state index is 13.2. The topological polar surface area (TPSA) is 71.0 Å². The van der Waals surface area contributed by atoms with Crippen molar-refractivity contribution >= 4 is 22.6 Å². The van der Waals surface area contributed by atoms with Gasteiger partial charge in [-0.2, -0.15) is 0 Å². The van der Waals surface area contributed by atoms with E-state index in [0.29, 0.717) is 12.1 Å². The van der Waals surface area contributed by atoms with Crippen molar-refractivity contribution in [2.45, 2.75) is 19.4 Å². The van der Waals surface area contributed by atoms with Crippen LogP contribution in [0, 0.1) is 0 Å². The summed E-state index contributed by atoms with van der Waals surface area (Å²) in [4.78, 5) is 28.8. The standard InChI is InChI=1S/C25H23N5O/c31-25(28-17-18-7-12-27-24(15-18)30-13-3-4-14-30)21-16-23(19-8-10-26-11-9-19)29-22-6-2-1-5-20(21)22/h1-2,5-12,15-16H,3-4,13-14,17H2,(H,28,31). The van der Waals surface area contributed by atoms with Gasteiger partial charge in [-0.25, -0.2) is 9.97 Å². The highest BCUT2D eigenvalue weighted by molar-refractivity contribution is 6.07. The summed E-state index contributed by atoms with van der Waals surface area (Å²) in [6.07, 6.45) is 7.69. The predicted octanol–water partition coefficient (Wildman–Crippen LogP) is 4.22. The molecule has 1 aliphatic rings. The number of rotatable bonds is 5. The summed E-state index contributed by atoms with van der Waals surface area (Å²) >= 11 is 0. The van der Waals surface area contributed by atoms with E-state index in [4.69, 9.17) is 4.98 Å². The third-order valence-corrected chi connectivity index (χ3v) is 5.63. The molecule has 1 N–H and O–H groups in total. The first-order chi connectivity index (χ1) is 15.3. The highest BCUT2D eigenvalue weighted by atomic mass is 16.1. The van der Waals surface area contributed by atoms with Crippen molar-refractivity contribution in [2.24, 2.45) is 0 Å². The lowest BCUT2D eigenvalue weighted by molar-refractivity contribution is 0.0952. The van der Waals surface area contributed by atoms with Crippen LogP contribution in [-0.2, 0) is 6.54 Å². The molecule has 0 atom stereocenters. The second-order valence-corrected chi connectivity index (χ2v) is 7.71. The Labute approximate surface area is 181 Å². The third kappa shape index (κ3) is 4.10. The molecule has 1 saturated heterocycles. The van der Waals surface area contributed by atoms with E-state index in [1.54, 1.807) is 12.4 Å². The number of para-hydroxylation sites is 1. The molecule has 4 heterocycles. The summed E-state index contributed by atoms with van der Waals surface area (Å²) < 4.78 is 0. The Morgan fingerprint density at radius 1 is 0.968 bits per heavy atom. The third-order valence-electron chi connectivity index (χ3n) is 5.63. The smallest absolute Gasteiger partial charge is 0.252 e. The van der Waals surface area contributed by atoms with Gasteiger partial charge in [0.15, 0.2) is 0 Å². The van der Waals surface area contributed by atoms with Crippen LogP contribution in [0.25, 0.3) is 22.2 Å². The van der Waals surface area contributed by atoms with E-state index in [9.17, 15) is 4.79 Å². The van der Waals surface area contributed by atoms with Crippen LogP contribution in [0.15, 0.2) is 73.2 Å². The molecule has 1 aromatic carbocycles. The summed E-state index contributed by atoms with van der Waals surface area (Å²) in [5, 5.41) is 3.92. The van der Waals surface area contributed by atoms with Gasteiger partial charge >= 0.3 is 0 Å². The van der Waals surface area contributed by atoms with Gasteiger partial charge in [-0.1, -0.05) is 18.2 Å². The number of pyridine rings is 3. The Kier molecular flexibility index (Phi) is 5.27. The van der Waals surface area contributed by atoms with E-state index < -0.39 is 0 Å². The number of carbonyl (C=O) groups excluding carboxylic acids is 1. The highest BCUT2D eigenvalue weighted by Crippen LogP contribution is 2.25. The maximum absolute atomic E-state index is 13.2. The number of fused-ring (bicyclic) bond motifs is 1. The number of anilines is 1. The summed E-state index contributed by atoms with van der Waals surface area (Å²) in [7, 11) is 0. The van der Waals surface area contributed by atoms with Crippen LogP contribution in [0.3, 0.4) is 0 Å². The summed E-state index contributed by atoms with van der Waals surface area (Å²) in [5.41, 5.74) is 4.14. The molecule has 6 heteroatoms. The summed E-state index contributed by atoms with van der Waals surface area (Å²) in [6.45, 7) is 2.54. The SMILES string of the molecule is O=C(NCc1ccnc(N2CCCC2)c1)c1cc(-c2ccncc2)nc2ccccc12. The number of aromatic nitrogens is 3. The molecule has 154 valence electrons. The zero-order chi connectivity index (χ0) is 21.0. The number of hydrogen-bond donors (Lipinski definition) is 1. The van der Waals surface area contributed by atoms with Crippen molar-refractivity contribution in [3.63, 3.8) is 0 Å². The molecule has 0 saturated carbocycles. The molecular weight excluding hydrogens is 386 g/mol. The van der Waals surface area contributed by atoms with Gasteiger partial charge in [-0.05, 0) is 54.8 Å². The molecule has 4 aromatic rings. The number of carbonyl (C=O) groups is 1. The molecule has 1 amide bonds. The van der Waals surface area contributed by atoms with Gasteiger partial charge in [-0.15, -0.1) is 0 Å². The fourth-order valence-electron chi connectivity index (χ4n) is 4.00. The highest BCUT2D eigenvalue weighted by Gasteiger charge is 2.16. The second-order valence-electron chi connectivity index (χ2n) is 7.71. The van der Waals surface area contributed by atoms with Crippen molar-refractivity contribution in [1.82, 2.24) is 20.3 Å². The van der Waals surface area contributed by atoms with Crippen molar-refractivity contribution in [1.29, 1.82) is 0 Å². The molecule has 0 unspecified atom stereocenters. The molecule has 3 aromatic heterocycles.